The maximum absolute atomic E-state index is 3.55. The van der Waals surface area contributed by atoms with Gasteiger partial charge in [0.25, 0.3) is 0 Å². The van der Waals surface area contributed by atoms with Gasteiger partial charge in [-0.25, -0.2) is 0 Å². The zero-order valence-electron chi connectivity index (χ0n) is 13.0. The third-order valence-corrected chi connectivity index (χ3v) is 4.35. The molecule has 0 amide bonds. The lowest BCUT2D eigenvalue weighted by molar-refractivity contribution is 0.330. The van der Waals surface area contributed by atoms with Crippen LogP contribution in [0.2, 0.25) is 0 Å². The lowest BCUT2D eigenvalue weighted by atomic mass is 9.87. The van der Waals surface area contributed by atoms with Gasteiger partial charge in [0.05, 0.1) is 0 Å². The summed E-state index contributed by atoms with van der Waals surface area (Å²) in [7, 11) is 2.19. The van der Waals surface area contributed by atoms with Gasteiger partial charge in [0.2, 0.25) is 0 Å². The van der Waals surface area contributed by atoms with Crippen molar-refractivity contribution in [1.29, 1.82) is 0 Å². The Morgan fingerprint density at radius 1 is 1.21 bits per heavy atom. The van der Waals surface area contributed by atoms with Crippen molar-refractivity contribution in [2.75, 3.05) is 11.9 Å². The topological polar surface area (TPSA) is 15.3 Å². The van der Waals surface area contributed by atoms with Crippen LogP contribution in [0.5, 0.6) is 0 Å². The number of hydrogen-bond acceptors (Lipinski definition) is 2. The molecule has 0 radical (unpaired) electrons. The SMILES string of the molecule is CC(N(C)c1ccc(CNC2CC2)cc1)C(C)(C)C. The molecule has 0 heterocycles. The summed E-state index contributed by atoms with van der Waals surface area (Å²) in [5.41, 5.74) is 2.98. The van der Waals surface area contributed by atoms with Crippen molar-refractivity contribution >= 4 is 5.69 Å². The summed E-state index contributed by atoms with van der Waals surface area (Å²) >= 11 is 0. The Bertz CT molecular complexity index is 398. The van der Waals surface area contributed by atoms with E-state index in [9.17, 15) is 0 Å². The van der Waals surface area contributed by atoms with Gasteiger partial charge in [-0.2, -0.15) is 0 Å². The Balaban J connectivity index is 1.96. The van der Waals surface area contributed by atoms with Crippen LogP contribution < -0.4 is 10.2 Å². The van der Waals surface area contributed by atoms with Crippen molar-refractivity contribution in [1.82, 2.24) is 5.32 Å². The Morgan fingerprint density at radius 3 is 2.26 bits per heavy atom. The highest BCUT2D eigenvalue weighted by molar-refractivity contribution is 5.48. The summed E-state index contributed by atoms with van der Waals surface area (Å²) in [6, 6.07) is 10.3. The van der Waals surface area contributed by atoms with E-state index in [-0.39, 0.29) is 0 Å². The summed E-state index contributed by atoms with van der Waals surface area (Å²) in [5.74, 6) is 0. The fourth-order valence-corrected chi connectivity index (χ4v) is 2.20. The predicted molar refractivity (Wildman–Crippen MR) is 83.6 cm³/mol. The van der Waals surface area contributed by atoms with Crippen LogP contribution in [-0.2, 0) is 6.54 Å². The van der Waals surface area contributed by atoms with E-state index in [1.165, 1.54) is 24.1 Å². The summed E-state index contributed by atoms with van der Waals surface area (Å²) < 4.78 is 0. The summed E-state index contributed by atoms with van der Waals surface area (Å²) in [4.78, 5) is 2.37. The molecule has 1 aliphatic carbocycles. The molecule has 2 heteroatoms. The third kappa shape index (κ3) is 3.97. The monoisotopic (exact) mass is 260 g/mol. The maximum atomic E-state index is 3.55. The molecule has 1 aromatic rings. The molecule has 106 valence electrons. The minimum absolute atomic E-state index is 0.293. The van der Waals surface area contributed by atoms with Gasteiger partial charge in [-0.3, -0.25) is 0 Å². The van der Waals surface area contributed by atoms with Gasteiger partial charge in [-0.1, -0.05) is 32.9 Å². The average molecular weight is 260 g/mol. The highest BCUT2D eigenvalue weighted by Crippen LogP contribution is 2.27. The summed E-state index contributed by atoms with van der Waals surface area (Å²) in [6.45, 7) is 10.2. The van der Waals surface area contributed by atoms with Crippen LogP contribution in [0.1, 0.15) is 46.1 Å². The number of rotatable bonds is 5. The van der Waals surface area contributed by atoms with E-state index in [4.69, 9.17) is 0 Å². The minimum atomic E-state index is 0.293. The van der Waals surface area contributed by atoms with Crippen molar-refractivity contribution < 1.29 is 0 Å². The van der Waals surface area contributed by atoms with Gasteiger partial charge < -0.3 is 10.2 Å². The van der Waals surface area contributed by atoms with Crippen LogP contribution in [0.15, 0.2) is 24.3 Å². The van der Waals surface area contributed by atoms with Crippen LogP contribution in [0, 0.1) is 5.41 Å². The minimum Gasteiger partial charge on any atom is -0.371 e. The fourth-order valence-electron chi connectivity index (χ4n) is 2.20. The molecule has 2 rings (SSSR count). The van der Waals surface area contributed by atoms with Gasteiger partial charge in [0, 0.05) is 31.4 Å². The molecule has 1 aromatic carbocycles. The highest BCUT2D eigenvalue weighted by atomic mass is 15.1. The molecule has 0 aromatic heterocycles. The first-order chi connectivity index (χ1) is 8.88. The first-order valence-corrected chi connectivity index (χ1v) is 7.43. The molecule has 0 aliphatic heterocycles. The normalized spacial score (nSPS) is 17.3. The largest absolute Gasteiger partial charge is 0.371 e. The number of anilines is 1. The van der Waals surface area contributed by atoms with E-state index in [1.54, 1.807) is 0 Å². The molecule has 0 spiro atoms. The van der Waals surface area contributed by atoms with Gasteiger partial charge in [-0.05, 0) is 42.9 Å². The third-order valence-electron chi connectivity index (χ3n) is 4.35. The standard InChI is InChI=1S/C17H28N2/c1-13(17(2,3)4)19(5)16-10-6-14(7-11-16)12-18-15-8-9-15/h6-7,10-11,13,15,18H,8-9,12H2,1-5H3. The van der Waals surface area contributed by atoms with E-state index in [2.05, 4.69) is 69.2 Å². The Hall–Kier alpha value is -1.02. The van der Waals surface area contributed by atoms with Crippen LogP contribution >= 0.6 is 0 Å². The second-order valence-corrected chi connectivity index (χ2v) is 6.97. The molecular weight excluding hydrogens is 232 g/mol. The molecule has 0 saturated heterocycles. The van der Waals surface area contributed by atoms with E-state index >= 15 is 0 Å². The van der Waals surface area contributed by atoms with Crippen LogP contribution in [0.3, 0.4) is 0 Å². The van der Waals surface area contributed by atoms with E-state index in [0.29, 0.717) is 11.5 Å². The molecule has 1 unspecified atom stereocenters. The molecule has 0 bridgehead atoms. The Kier molecular flexibility index (Phi) is 4.19. The van der Waals surface area contributed by atoms with E-state index in [1.807, 2.05) is 0 Å². The molecule has 19 heavy (non-hydrogen) atoms. The van der Waals surface area contributed by atoms with Crippen LogP contribution in [0.4, 0.5) is 5.69 Å². The lowest BCUT2D eigenvalue weighted by Crippen LogP contribution is -2.39. The number of benzene rings is 1. The molecular formula is C17H28N2. The predicted octanol–water partition coefficient (Wildman–Crippen LogP) is 3.81. The molecule has 1 aliphatic rings. The fraction of sp³-hybridized carbons (Fsp3) is 0.647. The van der Waals surface area contributed by atoms with Crippen molar-refractivity contribution in [3.05, 3.63) is 29.8 Å². The second kappa shape index (κ2) is 5.54. The summed E-state index contributed by atoms with van der Waals surface area (Å²) in [6.07, 6.45) is 2.70. The first-order valence-electron chi connectivity index (χ1n) is 7.43. The lowest BCUT2D eigenvalue weighted by Gasteiger charge is -2.37. The molecule has 1 fully saturated rings. The van der Waals surface area contributed by atoms with E-state index < -0.39 is 0 Å². The zero-order chi connectivity index (χ0) is 14.0. The number of hydrogen-bond donors (Lipinski definition) is 1. The molecule has 1 atom stereocenters. The van der Waals surface area contributed by atoms with Gasteiger partial charge >= 0.3 is 0 Å². The quantitative estimate of drug-likeness (QED) is 0.866. The van der Waals surface area contributed by atoms with Crippen molar-refractivity contribution in [3.8, 4) is 0 Å². The van der Waals surface area contributed by atoms with E-state index in [0.717, 1.165) is 12.6 Å². The highest BCUT2D eigenvalue weighted by Gasteiger charge is 2.24. The van der Waals surface area contributed by atoms with Crippen molar-refractivity contribution in [3.63, 3.8) is 0 Å². The van der Waals surface area contributed by atoms with Gasteiger partial charge in [-0.15, -0.1) is 0 Å². The number of nitrogens with zero attached hydrogens (tertiary/aromatic N) is 1. The second-order valence-electron chi connectivity index (χ2n) is 6.97. The van der Waals surface area contributed by atoms with Crippen LogP contribution in [0.25, 0.3) is 0 Å². The molecule has 1 saturated carbocycles. The average Bonchev–Trinajstić information content (AvgIpc) is 3.18. The smallest absolute Gasteiger partial charge is 0.0366 e. The Morgan fingerprint density at radius 2 is 1.79 bits per heavy atom. The first kappa shape index (κ1) is 14.4. The number of nitrogens with one attached hydrogen (secondary N) is 1. The van der Waals surface area contributed by atoms with Gasteiger partial charge in [0.1, 0.15) is 0 Å². The Labute approximate surface area is 118 Å². The molecule has 2 nitrogen and oxygen atoms in total. The summed E-state index contributed by atoms with van der Waals surface area (Å²) in [5, 5.41) is 3.55. The molecule has 1 N–H and O–H groups in total. The van der Waals surface area contributed by atoms with Crippen LogP contribution in [-0.4, -0.2) is 19.1 Å². The zero-order valence-corrected chi connectivity index (χ0v) is 13.0. The van der Waals surface area contributed by atoms with Crippen molar-refractivity contribution in [2.24, 2.45) is 5.41 Å². The maximum Gasteiger partial charge on any atom is 0.0366 e. The van der Waals surface area contributed by atoms with Gasteiger partial charge in [0.15, 0.2) is 0 Å². The van der Waals surface area contributed by atoms with Crippen molar-refractivity contribution in [2.45, 2.75) is 59.2 Å².